The lowest BCUT2D eigenvalue weighted by Gasteiger charge is -2.30. The molecule has 8 rings (SSSR count). The minimum atomic E-state index is -0.661. The van der Waals surface area contributed by atoms with Crippen LogP contribution in [0.2, 0.25) is 0 Å². The van der Waals surface area contributed by atoms with E-state index < -0.39 is 12.1 Å². The van der Waals surface area contributed by atoms with E-state index >= 15 is 0 Å². The van der Waals surface area contributed by atoms with Gasteiger partial charge in [-0.25, -0.2) is 19.7 Å². The number of amides is 2. The largest absolute Gasteiger partial charge is 0.453 e. The summed E-state index contributed by atoms with van der Waals surface area (Å²) in [6.07, 6.45) is 7.06. The Balaban J connectivity index is 1.02. The third-order valence-electron chi connectivity index (χ3n) is 10.3. The van der Waals surface area contributed by atoms with Crippen LogP contribution in [0.4, 0.5) is 4.79 Å². The number of pyridine rings is 1. The smallest absolute Gasteiger partial charge is 0.407 e. The molecule has 3 aromatic heterocycles. The predicted octanol–water partition coefficient (Wildman–Crippen LogP) is 6.25. The molecule has 2 amide bonds. The summed E-state index contributed by atoms with van der Waals surface area (Å²) in [7, 11) is 1.31. The highest BCUT2D eigenvalue weighted by molar-refractivity contribution is 5.87. The molecule has 1 aliphatic carbocycles. The molecule has 0 saturated carbocycles. The molecule has 49 heavy (non-hydrogen) atoms. The first kappa shape index (κ1) is 31.3. The molecule has 0 bridgehead atoms. The van der Waals surface area contributed by atoms with Crippen molar-refractivity contribution in [3.8, 4) is 33.8 Å². The topological polar surface area (TPSA) is 141 Å². The van der Waals surface area contributed by atoms with Gasteiger partial charge in [0.15, 0.2) is 0 Å². The van der Waals surface area contributed by atoms with Crippen LogP contribution in [-0.2, 0) is 22.4 Å². The van der Waals surface area contributed by atoms with E-state index in [0.29, 0.717) is 12.6 Å². The van der Waals surface area contributed by atoms with Crippen LogP contribution in [0.25, 0.3) is 44.7 Å². The van der Waals surface area contributed by atoms with Crippen LogP contribution in [-0.4, -0.2) is 68.1 Å². The van der Waals surface area contributed by atoms with Crippen molar-refractivity contribution in [1.82, 2.24) is 40.5 Å². The molecule has 11 nitrogen and oxygen atoms in total. The summed E-state index contributed by atoms with van der Waals surface area (Å²) in [5.41, 5.74) is 9.52. The van der Waals surface area contributed by atoms with Gasteiger partial charge in [-0.05, 0) is 80.8 Å². The Hall–Kier alpha value is -5.03. The van der Waals surface area contributed by atoms with Crippen molar-refractivity contribution in [1.29, 1.82) is 0 Å². The van der Waals surface area contributed by atoms with E-state index in [1.54, 1.807) is 0 Å². The van der Waals surface area contributed by atoms with Crippen LogP contribution in [0.3, 0.4) is 0 Å². The number of alkyl carbamates (subject to hydrolysis) is 1. The van der Waals surface area contributed by atoms with Crippen molar-refractivity contribution in [2.75, 3.05) is 20.2 Å². The quantitative estimate of drug-likeness (QED) is 0.162. The van der Waals surface area contributed by atoms with E-state index in [4.69, 9.17) is 14.7 Å². The molecule has 2 saturated heterocycles. The van der Waals surface area contributed by atoms with Gasteiger partial charge in [0.2, 0.25) is 5.91 Å². The first-order chi connectivity index (χ1) is 23.9. The maximum atomic E-state index is 13.6. The maximum absolute atomic E-state index is 13.6. The number of benzene rings is 2. The molecule has 5 aromatic rings. The Bertz CT molecular complexity index is 2040. The zero-order valence-electron chi connectivity index (χ0n) is 28.2. The molecular formula is C38H42N8O3. The maximum Gasteiger partial charge on any atom is 0.407 e. The van der Waals surface area contributed by atoms with Crippen molar-refractivity contribution in [2.24, 2.45) is 5.92 Å². The summed E-state index contributed by atoms with van der Waals surface area (Å²) >= 11 is 0. The van der Waals surface area contributed by atoms with Gasteiger partial charge < -0.3 is 30.2 Å². The fraction of sp³-hybridized carbons (Fsp3) is 0.395. The van der Waals surface area contributed by atoms with Gasteiger partial charge in [0.05, 0.1) is 48.0 Å². The molecule has 0 unspecified atom stereocenters. The highest BCUT2D eigenvalue weighted by Gasteiger charge is 2.38. The highest BCUT2D eigenvalue weighted by atomic mass is 16.5. The van der Waals surface area contributed by atoms with Gasteiger partial charge in [0.25, 0.3) is 0 Å². The summed E-state index contributed by atoms with van der Waals surface area (Å²) in [5.74, 6) is 1.63. The third-order valence-corrected chi connectivity index (χ3v) is 10.3. The van der Waals surface area contributed by atoms with Crippen molar-refractivity contribution in [3.05, 3.63) is 77.6 Å². The molecule has 0 spiro atoms. The second kappa shape index (κ2) is 12.8. The normalized spacial score (nSPS) is 19.2. The van der Waals surface area contributed by atoms with Gasteiger partial charge in [-0.15, -0.1) is 0 Å². The number of hydrogen-bond acceptors (Lipinski definition) is 7. The number of carbonyl (C=O) groups is 2. The molecule has 2 fully saturated rings. The molecule has 11 heteroatoms. The lowest BCUT2D eigenvalue weighted by atomic mass is 9.90. The number of methoxy groups -OCH3 is 1. The number of likely N-dealkylation sites (tertiary alicyclic amines) is 1. The molecule has 2 aromatic carbocycles. The molecule has 4 N–H and O–H groups in total. The van der Waals surface area contributed by atoms with Gasteiger partial charge in [-0.3, -0.25) is 4.79 Å². The number of aromatic nitrogens is 5. The summed E-state index contributed by atoms with van der Waals surface area (Å²) in [6, 6.07) is 16.6. The summed E-state index contributed by atoms with van der Waals surface area (Å²) in [5, 5.41) is 7.32. The molecule has 3 aliphatic rings. The first-order valence-corrected chi connectivity index (χ1v) is 17.4. The SMILES string of the molecule is COC(=O)N[C@H](C(=O)N1CCC[C@H]1c1nc2c([nH]1)CCc1cc(-c3ccc4cc(-c5cnc([C@@H]6CCCN6)[nH]5)ccc4n3)ccc1-2)C(C)C. The van der Waals surface area contributed by atoms with E-state index in [1.807, 2.05) is 24.9 Å². The number of rotatable bonds is 7. The molecule has 252 valence electrons. The fourth-order valence-corrected chi connectivity index (χ4v) is 7.67. The Morgan fingerprint density at radius 1 is 0.959 bits per heavy atom. The van der Waals surface area contributed by atoms with E-state index in [0.717, 1.165) is 101 Å². The number of imidazole rings is 2. The minimum absolute atomic E-state index is 0.0808. The van der Waals surface area contributed by atoms with Gasteiger partial charge in [0.1, 0.15) is 17.7 Å². The molecule has 0 radical (unpaired) electrons. The van der Waals surface area contributed by atoms with Gasteiger partial charge in [-0.2, -0.15) is 0 Å². The monoisotopic (exact) mass is 658 g/mol. The van der Waals surface area contributed by atoms with Gasteiger partial charge in [0, 0.05) is 34.3 Å². The van der Waals surface area contributed by atoms with E-state index in [1.165, 1.54) is 19.1 Å². The van der Waals surface area contributed by atoms with Crippen LogP contribution in [0, 0.1) is 5.92 Å². The fourth-order valence-electron chi connectivity index (χ4n) is 7.67. The average Bonchev–Trinajstić information content (AvgIpc) is 3.95. The number of carbonyl (C=O) groups excluding carboxylic acids is 2. The third kappa shape index (κ3) is 5.86. The van der Waals surface area contributed by atoms with Gasteiger partial charge >= 0.3 is 6.09 Å². The highest BCUT2D eigenvalue weighted by Crippen LogP contribution is 2.39. The number of hydrogen-bond donors (Lipinski definition) is 4. The Morgan fingerprint density at radius 2 is 1.84 bits per heavy atom. The predicted molar refractivity (Wildman–Crippen MR) is 188 cm³/mol. The second-order valence-electron chi connectivity index (χ2n) is 13.8. The summed E-state index contributed by atoms with van der Waals surface area (Å²) in [4.78, 5) is 49.4. The van der Waals surface area contributed by atoms with Crippen molar-refractivity contribution >= 4 is 22.9 Å². The number of fused-ring (bicyclic) bond motifs is 4. The van der Waals surface area contributed by atoms with Crippen LogP contribution in [0.15, 0.2) is 54.7 Å². The zero-order chi connectivity index (χ0) is 33.6. The first-order valence-electron chi connectivity index (χ1n) is 17.4. The number of nitrogens with one attached hydrogen (secondary N) is 4. The summed E-state index contributed by atoms with van der Waals surface area (Å²) < 4.78 is 4.78. The standard InChI is InChI=1S/C38H42N8O3/c1-21(2)33(45-38(48)49-3)37(47)46-17-5-7-32(46)36-42-29-15-9-22-18-23(8-12-26(22)34(29)44-36)27-13-10-24-19-25(11-14-28(24)41-27)31-20-40-35(43-31)30-6-4-16-39-30/h8,10-14,18-21,30,32-33,39H,4-7,9,15-17H2,1-3H3,(H,40,43)(H,42,44)(H,45,48)/t30-,32-,33-/m0/s1. The van der Waals surface area contributed by atoms with Crippen molar-refractivity contribution in [3.63, 3.8) is 0 Å². The van der Waals surface area contributed by atoms with Crippen LogP contribution in [0.5, 0.6) is 0 Å². The number of nitrogens with zero attached hydrogens (tertiary/aromatic N) is 4. The molecular weight excluding hydrogens is 616 g/mol. The van der Waals surface area contributed by atoms with E-state index in [2.05, 4.69) is 74.1 Å². The summed E-state index contributed by atoms with van der Waals surface area (Å²) in [6.45, 7) is 5.52. The lowest BCUT2D eigenvalue weighted by Crippen LogP contribution is -2.51. The minimum Gasteiger partial charge on any atom is -0.453 e. The average molecular weight is 659 g/mol. The Kier molecular flexibility index (Phi) is 8.15. The van der Waals surface area contributed by atoms with Crippen molar-refractivity contribution in [2.45, 2.75) is 70.5 Å². The van der Waals surface area contributed by atoms with Crippen LogP contribution < -0.4 is 10.6 Å². The van der Waals surface area contributed by atoms with Crippen molar-refractivity contribution < 1.29 is 14.3 Å². The number of aromatic amines is 2. The number of H-pyrrole nitrogens is 2. The van der Waals surface area contributed by atoms with E-state index in [-0.39, 0.29) is 17.9 Å². The lowest BCUT2D eigenvalue weighted by molar-refractivity contribution is -0.135. The molecule has 5 heterocycles. The van der Waals surface area contributed by atoms with Crippen LogP contribution >= 0.6 is 0 Å². The number of ether oxygens (including phenoxy) is 1. The zero-order valence-corrected chi connectivity index (χ0v) is 28.2. The molecule has 2 aliphatic heterocycles. The van der Waals surface area contributed by atoms with E-state index in [9.17, 15) is 9.59 Å². The van der Waals surface area contributed by atoms with Crippen LogP contribution in [0.1, 0.15) is 74.5 Å². The number of aryl methyl sites for hydroxylation is 2. The van der Waals surface area contributed by atoms with Gasteiger partial charge in [-0.1, -0.05) is 38.1 Å². The second-order valence-corrected chi connectivity index (χ2v) is 13.8. The Labute approximate surface area is 285 Å². The Morgan fingerprint density at radius 3 is 2.65 bits per heavy atom. The molecule has 3 atom stereocenters.